The van der Waals surface area contributed by atoms with Crippen LogP contribution in [0.2, 0.25) is 0 Å². The third-order valence-electron chi connectivity index (χ3n) is 4.31. The van der Waals surface area contributed by atoms with Gasteiger partial charge in [0.05, 0.1) is 19.4 Å². The quantitative estimate of drug-likeness (QED) is 0.403. The normalized spacial score (nSPS) is 13.0. The van der Waals surface area contributed by atoms with Crippen molar-refractivity contribution in [2.45, 2.75) is 99.5 Å². The Morgan fingerprint density at radius 3 is 1.64 bits per heavy atom. The fourth-order valence-corrected chi connectivity index (χ4v) is 3.42. The molecule has 162 valence electrons. The van der Waals surface area contributed by atoms with E-state index in [1.807, 2.05) is 34.6 Å². The van der Waals surface area contributed by atoms with Gasteiger partial charge in [0.15, 0.2) is 0 Å². The molecule has 0 N–H and O–H groups in total. The molecule has 0 aliphatic carbocycles. The SMILES string of the molecule is CCCC(CCOC(=O)CC(C)(C)CC(C)=O)OC(=O)CC(C)(C)CC(C)=O. The predicted molar refractivity (Wildman–Crippen MR) is 108 cm³/mol. The first-order valence-electron chi connectivity index (χ1n) is 10.1. The molecule has 0 fully saturated rings. The van der Waals surface area contributed by atoms with E-state index >= 15 is 0 Å². The second kappa shape index (κ2) is 12.0. The summed E-state index contributed by atoms with van der Waals surface area (Å²) in [6.45, 7) is 12.7. The summed E-state index contributed by atoms with van der Waals surface area (Å²) in [6, 6.07) is 0. The van der Waals surface area contributed by atoms with Gasteiger partial charge < -0.3 is 19.1 Å². The van der Waals surface area contributed by atoms with E-state index in [4.69, 9.17) is 9.47 Å². The van der Waals surface area contributed by atoms with Crippen LogP contribution in [0.4, 0.5) is 0 Å². The first-order chi connectivity index (χ1) is 12.8. The molecule has 6 heteroatoms. The van der Waals surface area contributed by atoms with Gasteiger partial charge in [0, 0.05) is 19.3 Å². The molecule has 0 heterocycles. The maximum Gasteiger partial charge on any atom is 0.306 e. The second-order valence-corrected chi connectivity index (χ2v) is 9.35. The lowest BCUT2D eigenvalue weighted by Crippen LogP contribution is -2.26. The Kier molecular flexibility index (Phi) is 11.2. The summed E-state index contributed by atoms with van der Waals surface area (Å²) >= 11 is 0. The zero-order chi connectivity index (χ0) is 22.0. The highest BCUT2D eigenvalue weighted by atomic mass is 16.6. The van der Waals surface area contributed by atoms with E-state index in [1.54, 1.807) is 0 Å². The lowest BCUT2D eigenvalue weighted by atomic mass is 9.84. The van der Waals surface area contributed by atoms with Crippen LogP contribution in [0.25, 0.3) is 0 Å². The minimum Gasteiger partial charge on any atom is -0.466 e. The van der Waals surface area contributed by atoms with Crippen molar-refractivity contribution in [2.75, 3.05) is 6.61 Å². The van der Waals surface area contributed by atoms with Gasteiger partial charge in [0.2, 0.25) is 0 Å². The van der Waals surface area contributed by atoms with E-state index in [9.17, 15) is 19.2 Å². The minimum atomic E-state index is -0.436. The molecule has 0 aromatic heterocycles. The molecule has 1 unspecified atom stereocenters. The first-order valence-corrected chi connectivity index (χ1v) is 10.1. The molecule has 0 aromatic rings. The van der Waals surface area contributed by atoms with Crippen LogP contribution in [0.5, 0.6) is 0 Å². The summed E-state index contributed by atoms with van der Waals surface area (Å²) in [6.07, 6.45) is 2.65. The highest BCUT2D eigenvalue weighted by Gasteiger charge is 2.27. The lowest BCUT2D eigenvalue weighted by Gasteiger charge is -2.24. The molecule has 1 atom stereocenters. The molecule has 0 spiro atoms. The van der Waals surface area contributed by atoms with Crippen LogP contribution < -0.4 is 0 Å². The topological polar surface area (TPSA) is 86.7 Å². The van der Waals surface area contributed by atoms with Gasteiger partial charge in [-0.05, 0) is 31.1 Å². The summed E-state index contributed by atoms with van der Waals surface area (Å²) in [7, 11) is 0. The summed E-state index contributed by atoms with van der Waals surface area (Å²) in [5.74, 6) is -0.600. The van der Waals surface area contributed by atoms with Gasteiger partial charge >= 0.3 is 11.9 Å². The third kappa shape index (κ3) is 13.4. The number of carbonyl (C=O) groups excluding carboxylic acids is 4. The molecule has 0 radical (unpaired) electrons. The molecular formula is C22H38O6. The zero-order valence-electron chi connectivity index (χ0n) is 18.7. The predicted octanol–water partition coefficient (Wildman–Crippen LogP) is 4.42. The van der Waals surface area contributed by atoms with Gasteiger partial charge in [-0.2, -0.15) is 0 Å². The molecule has 0 aliphatic rings. The average Bonchev–Trinajstić information content (AvgIpc) is 2.42. The van der Waals surface area contributed by atoms with Crippen LogP contribution in [0, 0.1) is 10.8 Å². The van der Waals surface area contributed by atoms with E-state index in [0.717, 1.165) is 6.42 Å². The van der Waals surface area contributed by atoms with E-state index in [0.29, 0.717) is 25.7 Å². The van der Waals surface area contributed by atoms with Crippen LogP contribution in [0.15, 0.2) is 0 Å². The van der Waals surface area contributed by atoms with Gasteiger partial charge in [-0.15, -0.1) is 0 Å². The van der Waals surface area contributed by atoms with Gasteiger partial charge in [-0.3, -0.25) is 9.59 Å². The van der Waals surface area contributed by atoms with E-state index in [-0.39, 0.29) is 49.1 Å². The molecular weight excluding hydrogens is 360 g/mol. The highest BCUT2D eigenvalue weighted by Crippen LogP contribution is 2.27. The monoisotopic (exact) mass is 398 g/mol. The third-order valence-corrected chi connectivity index (χ3v) is 4.31. The molecule has 0 rings (SSSR count). The number of hydrogen-bond donors (Lipinski definition) is 0. The minimum absolute atomic E-state index is 0.0421. The summed E-state index contributed by atoms with van der Waals surface area (Å²) in [4.78, 5) is 46.8. The van der Waals surface area contributed by atoms with Crippen molar-refractivity contribution in [3.05, 3.63) is 0 Å². The Morgan fingerprint density at radius 1 is 0.750 bits per heavy atom. The number of rotatable bonds is 14. The zero-order valence-corrected chi connectivity index (χ0v) is 18.7. The van der Waals surface area contributed by atoms with Crippen LogP contribution in [0.3, 0.4) is 0 Å². The number of hydrogen-bond acceptors (Lipinski definition) is 6. The Hall–Kier alpha value is -1.72. The van der Waals surface area contributed by atoms with Crippen molar-refractivity contribution in [1.82, 2.24) is 0 Å². The fraction of sp³-hybridized carbons (Fsp3) is 0.818. The molecule has 0 bridgehead atoms. The highest BCUT2D eigenvalue weighted by molar-refractivity contribution is 5.78. The molecule has 0 saturated carbocycles. The Bertz CT molecular complexity index is 547. The summed E-state index contributed by atoms with van der Waals surface area (Å²) in [5, 5.41) is 0. The van der Waals surface area contributed by atoms with Gasteiger partial charge in [-0.1, -0.05) is 41.0 Å². The average molecular weight is 399 g/mol. The van der Waals surface area contributed by atoms with Crippen molar-refractivity contribution < 1.29 is 28.7 Å². The van der Waals surface area contributed by atoms with E-state index in [2.05, 4.69) is 0 Å². The maximum atomic E-state index is 12.2. The smallest absolute Gasteiger partial charge is 0.306 e. The fourth-order valence-electron chi connectivity index (χ4n) is 3.42. The van der Waals surface area contributed by atoms with Gasteiger partial charge in [0.25, 0.3) is 0 Å². The Morgan fingerprint density at radius 2 is 1.21 bits per heavy atom. The first kappa shape index (κ1) is 26.3. The standard InChI is InChI=1S/C22H38O6/c1-8-9-18(28-20(26)15-22(6,7)13-17(3)24)10-11-27-19(25)14-21(4,5)12-16(2)23/h18H,8-15H2,1-7H3. The van der Waals surface area contributed by atoms with Crippen LogP contribution in [-0.2, 0) is 28.7 Å². The Labute approximate surface area is 169 Å². The van der Waals surface area contributed by atoms with Crippen molar-refractivity contribution in [3.8, 4) is 0 Å². The molecule has 0 saturated heterocycles. The number of Topliss-reactive ketones (excluding diaryl/α,β-unsaturated/α-hetero) is 2. The van der Waals surface area contributed by atoms with Crippen LogP contribution in [0.1, 0.15) is 93.4 Å². The molecule has 6 nitrogen and oxygen atoms in total. The Balaban J connectivity index is 4.48. The van der Waals surface area contributed by atoms with Crippen molar-refractivity contribution >= 4 is 23.5 Å². The number of ketones is 2. The van der Waals surface area contributed by atoms with Crippen molar-refractivity contribution in [1.29, 1.82) is 0 Å². The second-order valence-electron chi connectivity index (χ2n) is 9.35. The molecule has 28 heavy (non-hydrogen) atoms. The summed E-state index contributed by atoms with van der Waals surface area (Å²) < 4.78 is 10.8. The molecule has 0 aromatic carbocycles. The van der Waals surface area contributed by atoms with Crippen LogP contribution >= 0.6 is 0 Å². The van der Waals surface area contributed by atoms with Crippen molar-refractivity contribution in [3.63, 3.8) is 0 Å². The molecule has 0 amide bonds. The molecule has 0 aliphatic heterocycles. The lowest BCUT2D eigenvalue weighted by molar-refractivity contribution is -0.154. The van der Waals surface area contributed by atoms with E-state index in [1.165, 1.54) is 13.8 Å². The van der Waals surface area contributed by atoms with Gasteiger partial charge in [-0.25, -0.2) is 0 Å². The maximum absolute atomic E-state index is 12.2. The largest absolute Gasteiger partial charge is 0.466 e. The number of esters is 2. The summed E-state index contributed by atoms with van der Waals surface area (Å²) in [5.41, 5.74) is -0.866. The number of ether oxygens (including phenoxy) is 2. The number of carbonyl (C=O) groups is 4. The van der Waals surface area contributed by atoms with Crippen molar-refractivity contribution in [2.24, 2.45) is 10.8 Å². The van der Waals surface area contributed by atoms with Crippen LogP contribution in [-0.4, -0.2) is 36.2 Å². The van der Waals surface area contributed by atoms with E-state index < -0.39 is 10.8 Å². The van der Waals surface area contributed by atoms with Gasteiger partial charge in [0.1, 0.15) is 17.7 Å².